The van der Waals surface area contributed by atoms with Crippen LogP contribution in [0.5, 0.6) is 0 Å². The second-order valence-corrected chi connectivity index (χ2v) is 5.22. The molecule has 0 aliphatic carbocycles. The molecule has 2 unspecified atom stereocenters. The maximum atomic E-state index is 10.9. The third-order valence-corrected chi connectivity index (χ3v) is 3.81. The van der Waals surface area contributed by atoms with Crippen molar-refractivity contribution < 1.29 is 9.90 Å². The number of rotatable bonds is 5. The highest BCUT2D eigenvalue weighted by molar-refractivity contribution is 5.67. The summed E-state index contributed by atoms with van der Waals surface area (Å²) in [5.41, 5.74) is 0. The van der Waals surface area contributed by atoms with E-state index < -0.39 is 5.97 Å². The molecule has 0 amide bonds. The first kappa shape index (κ1) is 14.5. The maximum absolute atomic E-state index is 10.9. The van der Waals surface area contributed by atoms with Gasteiger partial charge in [-0.1, -0.05) is 13.3 Å². The zero-order chi connectivity index (χ0) is 12.8. The van der Waals surface area contributed by atoms with Crippen molar-refractivity contribution >= 4 is 5.97 Å². The van der Waals surface area contributed by atoms with Crippen molar-refractivity contribution in [3.8, 4) is 0 Å². The van der Waals surface area contributed by atoms with Gasteiger partial charge in [0.05, 0.1) is 6.42 Å². The number of unbranched alkanes of at least 4 members (excludes halogenated alkanes) is 1. The van der Waals surface area contributed by atoms with Gasteiger partial charge in [0.2, 0.25) is 0 Å². The molecule has 4 nitrogen and oxygen atoms in total. The fourth-order valence-electron chi connectivity index (χ4n) is 2.43. The van der Waals surface area contributed by atoms with Crippen molar-refractivity contribution in [2.75, 3.05) is 26.7 Å². The standard InChI is InChI=1S/C13H26N2O2/c1-4-5-7-15-8-6-11(2)14(3)10-12(15)9-13(16)17/h11-12H,4-10H2,1-3H3,(H,16,17). The Morgan fingerprint density at radius 2 is 2.18 bits per heavy atom. The number of carboxylic acid groups (broad SMARTS) is 1. The van der Waals surface area contributed by atoms with Crippen molar-refractivity contribution in [1.82, 2.24) is 9.80 Å². The number of likely N-dealkylation sites (N-methyl/N-ethyl adjacent to an activating group) is 1. The number of carboxylic acids is 1. The van der Waals surface area contributed by atoms with E-state index in [9.17, 15) is 4.79 Å². The van der Waals surface area contributed by atoms with Crippen LogP contribution >= 0.6 is 0 Å². The molecule has 0 bridgehead atoms. The van der Waals surface area contributed by atoms with Crippen LogP contribution in [0.1, 0.15) is 39.5 Å². The Labute approximate surface area is 105 Å². The lowest BCUT2D eigenvalue weighted by molar-refractivity contribution is -0.138. The van der Waals surface area contributed by atoms with Crippen LogP contribution in [0.3, 0.4) is 0 Å². The molecular weight excluding hydrogens is 216 g/mol. The Balaban J connectivity index is 2.64. The quantitative estimate of drug-likeness (QED) is 0.796. The summed E-state index contributed by atoms with van der Waals surface area (Å²) in [7, 11) is 2.10. The summed E-state index contributed by atoms with van der Waals surface area (Å²) in [6.07, 6.45) is 3.73. The molecule has 17 heavy (non-hydrogen) atoms. The van der Waals surface area contributed by atoms with Gasteiger partial charge in [-0.15, -0.1) is 0 Å². The van der Waals surface area contributed by atoms with Gasteiger partial charge in [0.1, 0.15) is 0 Å². The third kappa shape index (κ3) is 4.64. The van der Waals surface area contributed by atoms with Crippen LogP contribution in [-0.4, -0.2) is 59.6 Å². The molecule has 0 aromatic carbocycles. The summed E-state index contributed by atoms with van der Waals surface area (Å²) in [6, 6.07) is 0.729. The van der Waals surface area contributed by atoms with Gasteiger partial charge in [-0.2, -0.15) is 0 Å². The molecule has 0 spiro atoms. The van der Waals surface area contributed by atoms with Crippen LogP contribution in [0, 0.1) is 0 Å². The largest absolute Gasteiger partial charge is 0.481 e. The van der Waals surface area contributed by atoms with Crippen molar-refractivity contribution in [2.24, 2.45) is 0 Å². The lowest BCUT2D eigenvalue weighted by Crippen LogP contribution is -2.42. The van der Waals surface area contributed by atoms with Gasteiger partial charge in [-0.05, 0) is 39.9 Å². The van der Waals surface area contributed by atoms with Crippen molar-refractivity contribution in [3.63, 3.8) is 0 Å². The number of carbonyl (C=O) groups is 1. The van der Waals surface area contributed by atoms with Crippen molar-refractivity contribution in [3.05, 3.63) is 0 Å². The molecule has 4 heteroatoms. The zero-order valence-electron chi connectivity index (χ0n) is 11.4. The predicted octanol–water partition coefficient (Wildman–Crippen LogP) is 1.66. The number of aliphatic carboxylic acids is 1. The maximum Gasteiger partial charge on any atom is 0.304 e. The molecule has 1 heterocycles. The summed E-state index contributed by atoms with van der Waals surface area (Å²) in [6.45, 7) is 7.34. The van der Waals surface area contributed by atoms with Gasteiger partial charge in [-0.25, -0.2) is 0 Å². The van der Waals surface area contributed by atoms with Crippen LogP contribution < -0.4 is 0 Å². The van der Waals surface area contributed by atoms with Gasteiger partial charge in [0.25, 0.3) is 0 Å². The normalized spacial score (nSPS) is 27.9. The van der Waals surface area contributed by atoms with Gasteiger partial charge in [-0.3, -0.25) is 9.69 Å². The van der Waals surface area contributed by atoms with Gasteiger partial charge < -0.3 is 10.0 Å². The fourth-order valence-corrected chi connectivity index (χ4v) is 2.43. The highest BCUT2D eigenvalue weighted by Crippen LogP contribution is 2.17. The molecule has 1 saturated heterocycles. The minimum Gasteiger partial charge on any atom is -0.481 e. The topological polar surface area (TPSA) is 43.8 Å². The van der Waals surface area contributed by atoms with Gasteiger partial charge in [0, 0.05) is 18.6 Å². The molecule has 0 radical (unpaired) electrons. The predicted molar refractivity (Wildman–Crippen MR) is 69.2 cm³/mol. The second kappa shape index (κ2) is 6.97. The minimum atomic E-state index is -0.681. The van der Waals surface area contributed by atoms with Gasteiger partial charge in [0.15, 0.2) is 0 Å². The molecule has 2 atom stereocenters. The number of nitrogens with zero attached hydrogens (tertiary/aromatic N) is 2. The van der Waals surface area contributed by atoms with Crippen LogP contribution in [0.4, 0.5) is 0 Å². The average molecular weight is 242 g/mol. The van der Waals surface area contributed by atoms with E-state index >= 15 is 0 Å². The Kier molecular flexibility index (Phi) is 5.92. The Morgan fingerprint density at radius 1 is 1.47 bits per heavy atom. The van der Waals surface area contributed by atoms with E-state index in [1.54, 1.807) is 0 Å². The zero-order valence-corrected chi connectivity index (χ0v) is 11.4. The highest BCUT2D eigenvalue weighted by atomic mass is 16.4. The van der Waals surface area contributed by atoms with E-state index in [1.165, 1.54) is 6.42 Å². The SMILES string of the molecule is CCCCN1CCC(C)N(C)CC1CC(=O)O. The summed E-state index contributed by atoms with van der Waals surface area (Å²) >= 11 is 0. The monoisotopic (exact) mass is 242 g/mol. The first-order valence-electron chi connectivity index (χ1n) is 6.70. The van der Waals surface area contributed by atoms with E-state index in [2.05, 4.69) is 30.7 Å². The molecule has 1 aliphatic heterocycles. The van der Waals surface area contributed by atoms with Crippen LogP contribution in [0.2, 0.25) is 0 Å². The van der Waals surface area contributed by atoms with Crippen LogP contribution in [-0.2, 0) is 4.79 Å². The van der Waals surface area contributed by atoms with Crippen LogP contribution in [0.25, 0.3) is 0 Å². The van der Waals surface area contributed by atoms with E-state index in [0.717, 1.165) is 32.5 Å². The summed E-state index contributed by atoms with van der Waals surface area (Å²) < 4.78 is 0. The summed E-state index contributed by atoms with van der Waals surface area (Å²) in [5, 5.41) is 9.01. The molecule has 0 aromatic heterocycles. The molecule has 1 fully saturated rings. The van der Waals surface area contributed by atoms with Crippen molar-refractivity contribution in [2.45, 2.75) is 51.6 Å². The van der Waals surface area contributed by atoms with Gasteiger partial charge >= 0.3 is 5.97 Å². The third-order valence-electron chi connectivity index (χ3n) is 3.81. The Morgan fingerprint density at radius 3 is 2.76 bits per heavy atom. The van der Waals surface area contributed by atoms with E-state index in [4.69, 9.17) is 5.11 Å². The summed E-state index contributed by atoms with van der Waals surface area (Å²) in [5.74, 6) is -0.681. The van der Waals surface area contributed by atoms with E-state index in [0.29, 0.717) is 6.04 Å². The highest BCUT2D eigenvalue weighted by Gasteiger charge is 2.27. The lowest BCUT2D eigenvalue weighted by Gasteiger charge is -2.30. The number of hydrogen-bond donors (Lipinski definition) is 1. The first-order chi connectivity index (χ1) is 8.04. The smallest absolute Gasteiger partial charge is 0.304 e. The van der Waals surface area contributed by atoms with E-state index in [1.807, 2.05) is 0 Å². The average Bonchev–Trinajstić information content (AvgIpc) is 2.38. The Hall–Kier alpha value is -0.610. The molecule has 1 aliphatic rings. The molecule has 100 valence electrons. The van der Waals surface area contributed by atoms with Crippen LogP contribution in [0.15, 0.2) is 0 Å². The first-order valence-corrected chi connectivity index (χ1v) is 6.70. The lowest BCUT2D eigenvalue weighted by atomic mass is 10.1. The second-order valence-electron chi connectivity index (χ2n) is 5.22. The molecule has 1 rings (SSSR count). The molecule has 0 aromatic rings. The Bertz CT molecular complexity index is 246. The number of hydrogen-bond acceptors (Lipinski definition) is 3. The van der Waals surface area contributed by atoms with Crippen molar-refractivity contribution in [1.29, 1.82) is 0 Å². The summed E-state index contributed by atoms with van der Waals surface area (Å²) in [4.78, 5) is 15.6. The molecular formula is C13H26N2O2. The minimum absolute atomic E-state index is 0.175. The van der Waals surface area contributed by atoms with E-state index in [-0.39, 0.29) is 12.5 Å². The fraction of sp³-hybridized carbons (Fsp3) is 0.923. The molecule has 1 N–H and O–H groups in total. The molecule has 0 saturated carbocycles.